The fourth-order valence-corrected chi connectivity index (χ4v) is 3.06. The predicted molar refractivity (Wildman–Crippen MR) is 106 cm³/mol. The molecule has 1 aromatic heterocycles. The Labute approximate surface area is 160 Å². The van der Waals surface area contributed by atoms with Gasteiger partial charge in [0.25, 0.3) is 0 Å². The van der Waals surface area contributed by atoms with Crippen LogP contribution < -0.4 is 0 Å². The van der Waals surface area contributed by atoms with Gasteiger partial charge in [0, 0.05) is 18.7 Å². The van der Waals surface area contributed by atoms with E-state index in [2.05, 4.69) is 5.16 Å². The number of carbonyl (C=O) groups excluding carboxylic acids is 1. The summed E-state index contributed by atoms with van der Waals surface area (Å²) in [6, 6.07) is 19.5. The van der Waals surface area contributed by atoms with Crippen LogP contribution in [-0.2, 0) is 11.3 Å². The van der Waals surface area contributed by atoms with Gasteiger partial charge in [-0.15, -0.1) is 0 Å². The number of hydrogen-bond donors (Lipinski definition) is 0. The van der Waals surface area contributed by atoms with Crippen LogP contribution in [0, 0.1) is 6.92 Å². The highest BCUT2D eigenvalue weighted by molar-refractivity contribution is 5.83. The van der Waals surface area contributed by atoms with Gasteiger partial charge in [0.15, 0.2) is 5.76 Å². The van der Waals surface area contributed by atoms with E-state index in [-0.39, 0.29) is 11.9 Å². The first-order chi connectivity index (χ1) is 13.0. The van der Waals surface area contributed by atoms with Gasteiger partial charge in [0.05, 0.1) is 6.54 Å². The van der Waals surface area contributed by atoms with Crippen LogP contribution in [0.25, 0.3) is 11.3 Å². The van der Waals surface area contributed by atoms with E-state index >= 15 is 0 Å². The molecule has 3 rings (SSSR count). The Morgan fingerprint density at radius 1 is 1.04 bits per heavy atom. The molecular formula is C22H25N3O2. The molecule has 140 valence electrons. The zero-order chi connectivity index (χ0) is 19.4. The van der Waals surface area contributed by atoms with Crippen molar-refractivity contribution in [2.45, 2.75) is 19.5 Å². The lowest BCUT2D eigenvalue weighted by molar-refractivity contribution is -0.135. The molecule has 0 radical (unpaired) electrons. The maximum atomic E-state index is 13.1. The molecule has 0 saturated carbocycles. The van der Waals surface area contributed by atoms with Crippen molar-refractivity contribution in [1.29, 1.82) is 0 Å². The third-order valence-electron chi connectivity index (χ3n) is 4.54. The first-order valence-electron chi connectivity index (χ1n) is 8.94. The molecule has 5 nitrogen and oxygen atoms in total. The number of hydrogen-bond acceptors (Lipinski definition) is 4. The lowest BCUT2D eigenvalue weighted by Gasteiger charge is -2.28. The second-order valence-corrected chi connectivity index (χ2v) is 7.02. The Bertz CT molecular complexity index is 885. The van der Waals surface area contributed by atoms with Crippen LogP contribution in [0.4, 0.5) is 0 Å². The van der Waals surface area contributed by atoms with Crippen molar-refractivity contribution in [1.82, 2.24) is 15.0 Å². The first-order valence-corrected chi connectivity index (χ1v) is 8.94. The lowest BCUT2D eigenvalue weighted by atomic mass is 10.0. The summed E-state index contributed by atoms with van der Waals surface area (Å²) in [5.74, 6) is 0.674. The molecule has 27 heavy (non-hydrogen) atoms. The largest absolute Gasteiger partial charge is 0.359 e. The molecule has 0 aliphatic carbocycles. The summed E-state index contributed by atoms with van der Waals surface area (Å²) in [6.07, 6.45) is 0. The van der Waals surface area contributed by atoms with E-state index in [4.69, 9.17) is 4.52 Å². The average molecular weight is 363 g/mol. The monoisotopic (exact) mass is 363 g/mol. The number of amides is 1. The van der Waals surface area contributed by atoms with Crippen molar-refractivity contribution in [3.63, 3.8) is 0 Å². The molecule has 0 fully saturated rings. The number of likely N-dealkylation sites (N-methyl/N-ethyl adjacent to an activating group) is 2. The van der Waals surface area contributed by atoms with E-state index in [1.54, 1.807) is 11.9 Å². The number of aromatic nitrogens is 1. The molecule has 1 amide bonds. The van der Waals surface area contributed by atoms with E-state index in [1.807, 2.05) is 86.6 Å². The van der Waals surface area contributed by atoms with Gasteiger partial charge in [-0.05, 0) is 26.6 Å². The molecule has 0 bridgehead atoms. The number of carbonyl (C=O) groups is 1. The summed E-state index contributed by atoms with van der Waals surface area (Å²) in [5.41, 5.74) is 3.92. The molecular weight excluding hydrogens is 338 g/mol. The molecule has 0 saturated heterocycles. The third kappa shape index (κ3) is 4.44. The summed E-state index contributed by atoms with van der Waals surface area (Å²) in [4.78, 5) is 16.7. The first kappa shape index (κ1) is 18.9. The molecule has 1 atom stereocenters. The van der Waals surface area contributed by atoms with E-state index in [0.29, 0.717) is 12.3 Å². The van der Waals surface area contributed by atoms with Gasteiger partial charge in [-0.3, -0.25) is 9.69 Å². The Morgan fingerprint density at radius 2 is 1.70 bits per heavy atom. The van der Waals surface area contributed by atoms with Crippen molar-refractivity contribution in [2.75, 3.05) is 21.1 Å². The van der Waals surface area contributed by atoms with Crippen molar-refractivity contribution in [2.24, 2.45) is 0 Å². The Balaban J connectivity index is 1.74. The van der Waals surface area contributed by atoms with Crippen LogP contribution in [-0.4, -0.2) is 42.0 Å². The number of benzene rings is 2. The molecule has 2 aromatic carbocycles. The SMILES string of the molecule is Cc1ccc(C(C(=O)N(C)Cc2cc(-c3ccccc3)no2)N(C)C)cc1. The van der Waals surface area contributed by atoms with Gasteiger partial charge < -0.3 is 9.42 Å². The van der Waals surface area contributed by atoms with Crippen molar-refractivity contribution < 1.29 is 9.32 Å². The number of aryl methyl sites for hydroxylation is 1. The molecule has 5 heteroatoms. The van der Waals surface area contributed by atoms with Gasteiger partial charge in [-0.1, -0.05) is 65.3 Å². The van der Waals surface area contributed by atoms with Crippen LogP contribution in [0.1, 0.15) is 22.9 Å². The quantitative estimate of drug-likeness (QED) is 0.666. The predicted octanol–water partition coefficient (Wildman–Crippen LogP) is 3.91. The van der Waals surface area contributed by atoms with E-state index < -0.39 is 0 Å². The zero-order valence-corrected chi connectivity index (χ0v) is 16.2. The number of nitrogens with zero attached hydrogens (tertiary/aromatic N) is 3. The van der Waals surface area contributed by atoms with E-state index in [1.165, 1.54) is 5.56 Å². The topological polar surface area (TPSA) is 49.6 Å². The zero-order valence-electron chi connectivity index (χ0n) is 16.2. The highest BCUT2D eigenvalue weighted by Crippen LogP contribution is 2.23. The highest BCUT2D eigenvalue weighted by atomic mass is 16.5. The van der Waals surface area contributed by atoms with Crippen LogP contribution in [0.2, 0.25) is 0 Å². The van der Waals surface area contributed by atoms with Gasteiger partial charge >= 0.3 is 0 Å². The third-order valence-corrected chi connectivity index (χ3v) is 4.54. The van der Waals surface area contributed by atoms with Crippen LogP contribution in [0.5, 0.6) is 0 Å². The lowest BCUT2D eigenvalue weighted by Crippen LogP contribution is -2.38. The van der Waals surface area contributed by atoms with Crippen molar-refractivity contribution >= 4 is 5.91 Å². The van der Waals surface area contributed by atoms with Crippen LogP contribution in [0.3, 0.4) is 0 Å². The second kappa shape index (κ2) is 8.18. The van der Waals surface area contributed by atoms with E-state index in [9.17, 15) is 4.79 Å². The van der Waals surface area contributed by atoms with Crippen LogP contribution >= 0.6 is 0 Å². The maximum absolute atomic E-state index is 13.1. The van der Waals surface area contributed by atoms with Gasteiger partial charge in [-0.2, -0.15) is 0 Å². The fourth-order valence-electron chi connectivity index (χ4n) is 3.06. The molecule has 0 N–H and O–H groups in total. The Hall–Kier alpha value is -2.92. The normalized spacial score (nSPS) is 12.2. The summed E-state index contributed by atoms with van der Waals surface area (Å²) < 4.78 is 5.44. The number of rotatable bonds is 6. The molecule has 0 aliphatic heterocycles. The Kier molecular flexibility index (Phi) is 5.72. The van der Waals surface area contributed by atoms with Crippen molar-refractivity contribution in [3.05, 3.63) is 77.6 Å². The summed E-state index contributed by atoms with van der Waals surface area (Å²) in [6.45, 7) is 2.41. The minimum absolute atomic E-state index is 0.0153. The standard InChI is InChI=1S/C22H25N3O2/c1-16-10-12-18(13-11-16)21(24(2)3)22(26)25(4)15-19-14-20(23-27-19)17-8-6-5-7-9-17/h5-14,21H,15H2,1-4H3. The summed E-state index contributed by atoms with van der Waals surface area (Å²) in [7, 11) is 5.62. The highest BCUT2D eigenvalue weighted by Gasteiger charge is 2.26. The second-order valence-electron chi connectivity index (χ2n) is 7.02. The minimum Gasteiger partial charge on any atom is -0.359 e. The average Bonchev–Trinajstić information content (AvgIpc) is 3.12. The van der Waals surface area contributed by atoms with E-state index in [0.717, 1.165) is 16.8 Å². The van der Waals surface area contributed by atoms with Crippen LogP contribution in [0.15, 0.2) is 65.2 Å². The van der Waals surface area contributed by atoms with Crippen molar-refractivity contribution in [3.8, 4) is 11.3 Å². The molecule has 0 spiro atoms. The van der Waals surface area contributed by atoms with Gasteiger partial charge in [-0.25, -0.2) is 0 Å². The smallest absolute Gasteiger partial charge is 0.244 e. The fraction of sp³-hybridized carbons (Fsp3) is 0.273. The summed E-state index contributed by atoms with van der Waals surface area (Å²) >= 11 is 0. The molecule has 1 unspecified atom stereocenters. The summed E-state index contributed by atoms with van der Waals surface area (Å²) in [5, 5.41) is 4.12. The minimum atomic E-state index is -0.341. The van der Waals surface area contributed by atoms with Gasteiger partial charge in [0.2, 0.25) is 5.91 Å². The Morgan fingerprint density at radius 3 is 2.33 bits per heavy atom. The molecule has 3 aromatic rings. The maximum Gasteiger partial charge on any atom is 0.244 e. The van der Waals surface area contributed by atoms with Gasteiger partial charge in [0.1, 0.15) is 11.7 Å². The molecule has 1 heterocycles. The molecule has 0 aliphatic rings.